The lowest BCUT2D eigenvalue weighted by Gasteiger charge is -2.22. The predicted octanol–water partition coefficient (Wildman–Crippen LogP) is 3.71. The van der Waals surface area contributed by atoms with Gasteiger partial charge in [-0.05, 0) is 36.4 Å². The summed E-state index contributed by atoms with van der Waals surface area (Å²) in [6.07, 6.45) is -6.78. The molecule has 0 unspecified atom stereocenters. The van der Waals surface area contributed by atoms with Crippen LogP contribution in [0, 0.1) is 0 Å². The largest absolute Gasteiger partial charge is 0.435 e. The molecule has 0 amide bonds. The molecule has 0 aliphatic carbocycles. The zero-order valence-electron chi connectivity index (χ0n) is 17.2. The Morgan fingerprint density at radius 2 is 1.03 bits per heavy atom. The molecule has 4 aromatic rings. The lowest BCUT2D eigenvalue weighted by atomic mass is 10.4. The fourth-order valence-corrected chi connectivity index (χ4v) is 5.21. The van der Waals surface area contributed by atoms with Gasteiger partial charge in [0.2, 0.25) is 0 Å². The molecule has 13 heteroatoms. The molecule has 0 radical (unpaired) electrons. The van der Waals surface area contributed by atoms with Crippen LogP contribution in [0.1, 0.15) is 11.4 Å². The summed E-state index contributed by atoms with van der Waals surface area (Å²) in [5, 5.41) is 8.33. The minimum absolute atomic E-state index is 0.210. The van der Waals surface area contributed by atoms with E-state index in [0.717, 1.165) is 21.5 Å². The van der Waals surface area contributed by atoms with E-state index >= 15 is 0 Å². The third kappa shape index (κ3) is 4.53. The van der Waals surface area contributed by atoms with Crippen LogP contribution in [0.2, 0.25) is 13.1 Å². The first-order valence-corrected chi connectivity index (χ1v) is 12.6. The van der Waals surface area contributed by atoms with Crippen molar-refractivity contribution < 1.29 is 26.3 Å². The molecular weight excluding hydrogens is 466 g/mol. The normalized spacial score (nSPS) is 12.8. The van der Waals surface area contributed by atoms with Gasteiger partial charge >= 0.3 is 12.4 Å². The number of hydrogen-bond acceptors (Lipinski definition) is 4. The molecule has 172 valence electrons. The molecule has 0 aliphatic rings. The zero-order chi connectivity index (χ0) is 24.0. The van der Waals surface area contributed by atoms with E-state index in [2.05, 4.69) is 20.2 Å². The minimum atomic E-state index is -4.57. The predicted molar refractivity (Wildman–Crippen MR) is 109 cm³/mol. The molecule has 4 rings (SSSR count). The van der Waals surface area contributed by atoms with Crippen LogP contribution in [-0.4, -0.2) is 37.6 Å². The Kier molecular flexibility index (Phi) is 5.39. The average Bonchev–Trinajstić information content (AvgIpc) is 3.44. The summed E-state index contributed by atoms with van der Waals surface area (Å²) < 4.78 is 79.4. The lowest BCUT2D eigenvalue weighted by Crippen LogP contribution is -2.55. The molecule has 0 aromatic carbocycles. The summed E-state index contributed by atoms with van der Waals surface area (Å²) in [7, 11) is -2.59. The number of nitrogens with zero attached hydrogens (tertiary/aromatic N) is 6. The van der Waals surface area contributed by atoms with Crippen LogP contribution in [0.4, 0.5) is 26.3 Å². The number of hydrogen-bond donors (Lipinski definition) is 0. The molecule has 4 heterocycles. The second-order valence-corrected chi connectivity index (χ2v) is 11.9. The Bertz CT molecular complexity index is 1190. The van der Waals surface area contributed by atoms with Gasteiger partial charge in [0, 0.05) is 23.0 Å². The second-order valence-electron chi connectivity index (χ2n) is 7.67. The molecule has 0 aliphatic heterocycles. The van der Waals surface area contributed by atoms with E-state index in [1.807, 2.05) is 13.1 Å². The summed E-state index contributed by atoms with van der Waals surface area (Å²) in [5.74, 6) is 0.420. The van der Waals surface area contributed by atoms with Gasteiger partial charge in [0.05, 0.1) is 0 Å². The maximum Gasteiger partial charge on any atom is 0.435 e. The fourth-order valence-electron chi connectivity index (χ4n) is 3.13. The van der Waals surface area contributed by atoms with Crippen LogP contribution < -0.4 is 10.6 Å². The highest BCUT2D eigenvalue weighted by Gasteiger charge is 2.35. The van der Waals surface area contributed by atoms with Crippen LogP contribution >= 0.6 is 0 Å². The third-order valence-electron chi connectivity index (χ3n) is 4.98. The molecule has 0 spiro atoms. The lowest BCUT2D eigenvalue weighted by molar-refractivity contribution is -0.142. The van der Waals surface area contributed by atoms with Crippen molar-refractivity contribution in [3.8, 4) is 11.6 Å². The zero-order valence-corrected chi connectivity index (χ0v) is 18.2. The van der Waals surface area contributed by atoms with Gasteiger partial charge in [-0.15, -0.1) is 0 Å². The molecule has 0 bridgehead atoms. The van der Waals surface area contributed by atoms with Gasteiger partial charge < -0.3 is 0 Å². The van der Waals surface area contributed by atoms with Gasteiger partial charge in [0.1, 0.15) is 0 Å². The highest BCUT2D eigenvalue weighted by molar-refractivity contribution is 6.99. The van der Waals surface area contributed by atoms with E-state index in [0.29, 0.717) is 10.6 Å². The third-order valence-corrected chi connectivity index (χ3v) is 8.10. The summed E-state index contributed by atoms with van der Waals surface area (Å²) in [6.45, 7) is 3.86. The van der Waals surface area contributed by atoms with Crippen LogP contribution in [0.5, 0.6) is 0 Å². The van der Waals surface area contributed by atoms with E-state index in [1.165, 1.54) is 24.5 Å². The van der Waals surface area contributed by atoms with Gasteiger partial charge in [0.25, 0.3) is 0 Å². The van der Waals surface area contributed by atoms with Crippen LogP contribution in [-0.2, 0) is 12.4 Å². The maximum atomic E-state index is 12.9. The summed E-state index contributed by atoms with van der Waals surface area (Å²) in [6, 6.07) is 11.6. The molecule has 0 fully saturated rings. The average molecular weight is 482 g/mol. The van der Waals surface area contributed by atoms with Crippen molar-refractivity contribution in [3.63, 3.8) is 0 Å². The highest BCUT2D eigenvalue weighted by atomic mass is 28.3. The number of aromatic nitrogens is 6. The molecule has 0 saturated carbocycles. The number of pyridine rings is 2. The number of halogens is 6. The van der Waals surface area contributed by atoms with Crippen LogP contribution in [0.15, 0.2) is 60.9 Å². The summed E-state index contributed by atoms with van der Waals surface area (Å²) >= 11 is 0. The standard InChI is InChI=1S/C20H16F6N6Si/c1-33(2,17-7-3-5-15(27-17)31-11-9-13(29-31)19(21,22)23)18-8-4-6-16(28-18)32-12-10-14(30-32)20(24,25)26/h3-12H,1-2H3. The number of rotatable bonds is 4. The summed E-state index contributed by atoms with van der Waals surface area (Å²) in [4.78, 5) is 9.02. The first kappa shape index (κ1) is 22.7. The van der Waals surface area contributed by atoms with Gasteiger partial charge in [0.15, 0.2) is 31.1 Å². The van der Waals surface area contributed by atoms with E-state index in [9.17, 15) is 26.3 Å². The second kappa shape index (κ2) is 7.83. The maximum absolute atomic E-state index is 12.9. The Hall–Kier alpha value is -3.48. The monoisotopic (exact) mass is 482 g/mol. The van der Waals surface area contributed by atoms with Crippen molar-refractivity contribution in [2.45, 2.75) is 25.4 Å². The molecule has 0 atom stereocenters. The topological polar surface area (TPSA) is 61.4 Å². The first-order chi connectivity index (χ1) is 15.4. The van der Waals surface area contributed by atoms with Crippen molar-refractivity contribution in [3.05, 3.63) is 72.3 Å². The van der Waals surface area contributed by atoms with Crippen molar-refractivity contribution in [1.82, 2.24) is 29.5 Å². The van der Waals surface area contributed by atoms with Crippen molar-refractivity contribution in [2.75, 3.05) is 0 Å². The van der Waals surface area contributed by atoms with E-state index in [-0.39, 0.29) is 11.6 Å². The summed E-state index contributed by atoms with van der Waals surface area (Å²) in [5.41, 5.74) is -2.06. The SMILES string of the molecule is C[Si](C)(c1cccc(-n2ccc(C(F)(F)F)n2)n1)c1cccc(-n2ccc(C(F)(F)F)n2)n1. The molecule has 6 nitrogen and oxygen atoms in total. The number of alkyl halides is 6. The smallest absolute Gasteiger partial charge is 0.238 e. The van der Waals surface area contributed by atoms with Crippen molar-refractivity contribution in [1.29, 1.82) is 0 Å². The van der Waals surface area contributed by atoms with Crippen molar-refractivity contribution >= 4 is 18.7 Å². The fraction of sp³-hybridized carbons (Fsp3) is 0.200. The molecular formula is C20H16F6N6Si. The molecule has 0 N–H and O–H groups in total. The first-order valence-electron chi connectivity index (χ1n) is 9.57. The molecule has 0 saturated heterocycles. The highest BCUT2D eigenvalue weighted by Crippen LogP contribution is 2.28. The van der Waals surface area contributed by atoms with Crippen molar-refractivity contribution in [2.24, 2.45) is 0 Å². The van der Waals surface area contributed by atoms with Gasteiger partial charge in [-0.1, -0.05) is 25.2 Å². The van der Waals surface area contributed by atoms with Crippen LogP contribution in [0.25, 0.3) is 11.6 Å². The quantitative estimate of drug-likeness (QED) is 0.329. The Balaban J connectivity index is 1.68. The Morgan fingerprint density at radius 3 is 1.36 bits per heavy atom. The van der Waals surface area contributed by atoms with Crippen LogP contribution in [0.3, 0.4) is 0 Å². The minimum Gasteiger partial charge on any atom is -0.238 e. The Morgan fingerprint density at radius 1 is 0.636 bits per heavy atom. The Labute approximate surface area is 184 Å². The molecule has 33 heavy (non-hydrogen) atoms. The van der Waals surface area contributed by atoms with Gasteiger partial charge in [-0.2, -0.15) is 36.5 Å². The van der Waals surface area contributed by atoms with E-state index in [4.69, 9.17) is 0 Å². The molecule has 4 aromatic heterocycles. The van der Waals surface area contributed by atoms with Gasteiger partial charge in [-0.25, -0.2) is 19.3 Å². The van der Waals surface area contributed by atoms with E-state index < -0.39 is 31.8 Å². The van der Waals surface area contributed by atoms with E-state index in [1.54, 1.807) is 24.3 Å². The van der Waals surface area contributed by atoms with Gasteiger partial charge in [-0.3, -0.25) is 0 Å².